The Kier molecular flexibility index (Phi) is 4.43. The van der Waals surface area contributed by atoms with Crippen molar-refractivity contribution in [2.75, 3.05) is 0 Å². The molecule has 0 unspecified atom stereocenters. The molecule has 0 radical (unpaired) electrons. The van der Waals surface area contributed by atoms with E-state index in [9.17, 15) is 15.0 Å². The van der Waals surface area contributed by atoms with Crippen LogP contribution in [0.5, 0.6) is 11.5 Å². The van der Waals surface area contributed by atoms with Gasteiger partial charge in [-0.2, -0.15) is 0 Å². The molecule has 1 heterocycles. The number of benzene rings is 2. The molecular formula is C18H14Cl2O4. The minimum atomic E-state index is -0.216. The van der Waals surface area contributed by atoms with E-state index in [4.69, 9.17) is 27.6 Å². The Balaban J connectivity index is 2.36. The summed E-state index contributed by atoms with van der Waals surface area (Å²) in [4.78, 5) is 12.8. The van der Waals surface area contributed by atoms with Crippen LogP contribution in [0.1, 0.15) is 18.9 Å². The van der Waals surface area contributed by atoms with E-state index in [-0.39, 0.29) is 27.0 Å². The van der Waals surface area contributed by atoms with E-state index < -0.39 is 0 Å². The molecule has 3 aromatic rings. The van der Waals surface area contributed by atoms with Gasteiger partial charge in [-0.3, -0.25) is 4.79 Å². The summed E-state index contributed by atoms with van der Waals surface area (Å²) in [5.74, 6) is 0.150. The van der Waals surface area contributed by atoms with Gasteiger partial charge in [0.15, 0.2) is 11.2 Å². The molecule has 2 aromatic carbocycles. The SMILES string of the molecule is CCCc1c(-c2cc(Cl)c(O)c(Cl)c2)oc2ccc(O)cc2c1=O. The van der Waals surface area contributed by atoms with Crippen molar-refractivity contribution in [2.45, 2.75) is 19.8 Å². The minimum absolute atomic E-state index is 0.000667. The summed E-state index contributed by atoms with van der Waals surface area (Å²) >= 11 is 12.0. The lowest BCUT2D eigenvalue weighted by molar-refractivity contribution is 0.475. The van der Waals surface area contributed by atoms with Gasteiger partial charge in [-0.05, 0) is 36.8 Å². The van der Waals surface area contributed by atoms with Crippen LogP contribution in [-0.2, 0) is 6.42 Å². The van der Waals surface area contributed by atoms with E-state index >= 15 is 0 Å². The Morgan fingerprint density at radius 1 is 1.08 bits per heavy atom. The van der Waals surface area contributed by atoms with Crippen LogP contribution in [0.15, 0.2) is 39.5 Å². The first-order chi connectivity index (χ1) is 11.4. The highest BCUT2D eigenvalue weighted by Crippen LogP contribution is 2.38. The summed E-state index contributed by atoms with van der Waals surface area (Å²) < 4.78 is 5.91. The summed E-state index contributed by atoms with van der Waals surface area (Å²) in [6.45, 7) is 1.95. The molecule has 24 heavy (non-hydrogen) atoms. The van der Waals surface area contributed by atoms with Crippen LogP contribution in [-0.4, -0.2) is 10.2 Å². The Labute approximate surface area is 147 Å². The number of aromatic hydroxyl groups is 2. The predicted octanol–water partition coefficient (Wildman–Crippen LogP) is 5.13. The lowest BCUT2D eigenvalue weighted by atomic mass is 10.0. The molecule has 1 aromatic heterocycles. The maximum Gasteiger partial charge on any atom is 0.196 e. The van der Waals surface area contributed by atoms with Crippen molar-refractivity contribution in [1.29, 1.82) is 0 Å². The van der Waals surface area contributed by atoms with Crippen LogP contribution < -0.4 is 5.43 Å². The fraction of sp³-hybridized carbons (Fsp3) is 0.167. The Morgan fingerprint density at radius 2 is 1.75 bits per heavy atom. The summed E-state index contributed by atoms with van der Waals surface area (Å²) in [5, 5.41) is 19.8. The molecule has 0 saturated carbocycles. The predicted molar refractivity (Wildman–Crippen MR) is 95.3 cm³/mol. The van der Waals surface area contributed by atoms with Gasteiger partial charge < -0.3 is 14.6 Å². The Bertz CT molecular complexity index is 969. The third-order valence-corrected chi connectivity index (χ3v) is 4.32. The monoisotopic (exact) mass is 364 g/mol. The van der Waals surface area contributed by atoms with Crippen molar-refractivity contribution >= 4 is 34.2 Å². The molecule has 0 spiro atoms. The summed E-state index contributed by atoms with van der Waals surface area (Å²) in [7, 11) is 0. The van der Waals surface area contributed by atoms with Gasteiger partial charge in [0, 0.05) is 11.1 Å². The van der Waals surface area contributed by atoms with Gasteiger partial charge in [-0.25, -0.2) is 0 Å². The maximum atomic E-state index is 12.8. The number of phenolic OH excluding ortho intramolecular Hbond substituents is 2. The van der Waals surface area contributed by atoms with Gasteiger partial charge in [-0.1, -0.05) is 36.5 Å². The molecule has 2 N–H and O–H groups in total. The highest BCUT2D eigenvalue weighted by Gasteiger charge is 2.18. The molecule has 124 valence electrons. The first-order valence-electron chi connectivity index (χ1n) is 7.39. The number of halogens is 2. The standard InChI is InChI=1S/C18H14Cl2O4/c1-2-3-11-16(22)12-8-10(21)4-5-15(12)24-18(11)9-6-13(19)17(23)14(20)7-9/h4-8,21,23H,2-3H2,1H3. The molecule has 0 atom stereocenters. The van der Waals surface area contributed by atoms with Crippen LogP contribution in [0.2, 0.25) is 10.0 Å². The van der Waals surface area contributed by atoms with Gasteiger partial charge in [0.2, 0.25) is 0 Å². The molecule has 0 amide bonds. The number of hydrogen-bond acceptors (Lipinski definition) is 4. The van der Waals surface area contributed by atoms with E-state index in [1.54, 1.807) is 0 Å². The van der Waals surface area contributed by atoms with Gasteiger partial charge in [0.25, 0.3) is 0 Å². The van der Waals surface area contributed by atoms with Crippen molar-refractivity contribution in [3.63, 3.8) is 0 Å². The molecule has 0 bridgehead atoms. The number of phenols is 2. The zero-order valence-electron chi connectivity index (χ0n) is 12.8. The lowest BCUT2D eigenvalue weighted by Crippen LogP contribution is -2.11. The van der Waals surface area contributed by atoms with Crippen LogP contribution in [0, 0.1) is 0 Å². The second kappa shape index (κ2) is 6.38. The molecule has 0 aliphatic heterocycles. The van der Waals surface area contributed by atoms with Crippen molar-refractivity contribution in [1.82, 2.24) is 0 Å². The fourth-order valence-corrected chi connectivity index (χ4v) is 3.12. The van der Waals surface area contributed by atoms with E-state index in [0.717, 1.165) is 6.42 Å². The molecule has 0 saturated heterocycles. The molecule has 4 nitrogen and oxygen atoms in total. The second-order valence-electron chi connectivity index (χ2n) is 5.46. The van der Waals surface area contributed by atoms with Crippen LogP contribution in [0.4, 0.5) is 0 Å². The van der Waals surface area contributed by atoms with Crippen molar-refractivity contribution in [3.05, 3.63) is 56.2 Å². The smallest absolute Gasteiger partial charge is 0.196 e. The Hall–Kier alpha value is -2.17. The fourth-order valence-electron chi connectivity index (χ4n) is 2.63. The van der Waals surface area contributed by atoms with Gasteiger partial charge in [0.05, 0.1) is 15.4 Å². The molecule has 3 rings (SSSR count). The van der Waals surface area contributed by atoms with Crippen LogP contribution >= 0.6 is 23.2 Å². The first-order valence-corrected chi connectivity index (χ1v) is 8.15. The molecule has 0 fully saturated rings. The third kappa shape index (κ3) is 2.83. The summed E-state index contributed by atoms with van der Waals surface area (Å²) in [6, 6.07) is 7.39. The van der Waals surface area contributed by atoms with E-state index in [0.29, 0.717) is 34.3 Å². The highest BCUT2D eigenvalue weighted by molar-refractivity contribution is 6.37. The van der Waals surface area contributed by atoms with Gasteiger partial charge in [-0.15, -0.1) is 0 Å². The third-order valence-electron chi connectivity index (χ3n) is 3.75. The van der Waals surface area contributed by atoms with Crippen LogP contribution in [0.25, 0.3) is 22.3 Å². The molecule has 6 heteroatoms. The summed E-state index contributed by atoms with van der Waals surface area (Å²) in [5.41, 5.74) is 1.14. The average molecular weight is 365 g/mol. The minimum Gasteiger partial charge on any atom is -0.508 e. The van der Waals surface area contributed by atoms with E-state index in [2.05, 4.69) is 0 Å². The second-order valence-corrected chi connectivity index (χ2v) is 6.27. The first kappa shape index (κ1) is 16.7. The number of rotatable bonds is 3. The highest BCUT2D eigenvalue weighted by atomic mass is 35.5. The van der Waals surface area contributed by atoms with Crippen molar-refractivity contribution in [2.24, 2.45) is 0 Å². The van der Waals surface area contributed by atoms with Gasteiger partial charge in [0.1, 0.15) is 17.1 Å². The molecular weight excluding hydrogens is 351 g/mol. The Morgan fingerprint density at radius 3 is 2.38 bits per heavy atom. The maximum absolute atomic E-state index is 12.8. The van der Waals surface area contributed by atoms with Crippen LogP contribution in [0.3, 0.4) is 0 Å². The normalized spacial score (nSPS) is 11.1. The van der Waals surface area contributed by atoms with Crippen molar-refractivity contribution < 1.29 is 14.6 Å². The largest absolute Gasteiger partial charge is 0.508 e. The van der Waals surface area contributed by atoms with E-state index in [1.807, 2.05) is 6.92 Å². The number of fused-ring (bicyclic) bond motifs is 1. The van der Waals surface area contributed by atoms with E-state index in [1.165, 1.54) is 30.3 Å². The summed E-state index contributed by atoms with van der Waals surface area (Å²) in [6.07, 6.45) is 1.24. The molecule has 0 aliphatic carbocycles. The zero-order chi connectivity index (χ0) is 17.4. The van der Waals surface area contributed by atoms with Gasteiger partial charge >= 0.3 is 0 Å². The number of hydrogen-bond donors (Lipinski definition) is 2. The quantitative estimate of drug-likeness (QED) is 0.675. The molecule has 0 aliphatic rings. The van der Waals surface area contributed by atoms with Crippen molar-refractivity contribution in [3.8, 4) is 22.8 Å². The topological polar surface area (TPSA) is 70.7 Å². The lowest BCUT2D eigenvalue weighted by Gasteiger charge is -2.11. The zero-order valence-corrected chi connectivity index (χ0v) is 14.3. The average Bonchev–Trinajstić information content (AvgIpc) is 2.55.